The van der Waals surface area contributed by atoms with Gasteiger partial charge in [-0.15, -0.1) is 0 Å². The minimum atomic E-state index is 0.808. The van der Waals surface area contributed by atoms with E-state index in [2.05, 4.69) is 42.6 Å². The first-order chi connectivity index (χ1) is 8.25. The fourth-order valence-electron chi connectivity index (χ4n) is 1.82. The first-order valence-corrected chi connectivity index (χ1v) is 5.85. The zero-order chi connectivity index (χ0) is 12.1. The van der Waals surface area contributed by atoms with Crippen LogP contribution in [0.4, 0.5) is 5.69 Å². The minimum Gasteiger partial charge on any atom is -0.398 e. The van der Waals surface area contributed by atoms with Gasteiger partial charge >= 0.3 is 0 Å². The molecule has 2 heteroatoms. The number of aryl methyl sites for hydroxylation is 1. The van der Waals surface area contributed by atoms with Crippen molar-refractivity contribution in [2.24, 2.45) is 0 Å². The number of nitrogens with one attached hydrogen (secondary N) is 1. The third-order valence-electron chi connectivity index (χ3n) is 2.79. The molecule has 0 atom stereocenters. The van der Waals surface area contributed by atoms with E-state index in [1.165, 1.54) is 16.7 Å². The number of rotatable bonds is 4. The van der Waals surface area contributed by atoms with Crippen molar-refractivity contribution in [3.63, 3.8) is 0 Å². The monoisotopic (exact) mass is 226 g/mol. The van der Waals surface area contributed by atoms with Crippen LogP contribution in [0.2, 0.25) is 0 Å². The van der Waals surface area contributed by atoms with Crippen LogP contribution in [0.3, 0.4) is 0 Å². The summed E-state index contributed by atoms with van der Waals surface area (Å²) in [4.78, 5) is 0. The standard InChI is InChI=1S/C15H18N2/c1-12-7-8-15(16)14(9-12)11-17-10-13-5-3-2-4-6-13/h2-9,17H,10-11,16H2,1H3. The summed E-state index contributed by atoms with van der Waals surface area (Å²) in [6.07, 6.45) is 0. The second-order valence-corrected chi connectivity index (χ2v) is 4.29. The van der Waals surface area contributed by atoms with Crippen LogP contribution in [0.25, 0.3) is 0 Å². The van der Waals surface area contributed by atoms with E-state index in [9.17, 15) is 0 Å². The van der Waals surface area contributed by atoms with Crippen LogP contribution in [0.5, 0.6) is 0 Å². The molecule has 0 aliphatic carbocycles. The quantitative estimate of drug-likeness (QED) is 0.787. The average molecular weight is 226 g/mol. The summed E-state index contributed by atoms with van der Waals surface area (Å²) in [6, 6.07) is 16.5. The summed E-state index contributed by atoms with van der Waals surface area (Å²) in [6.45, 7) is 3.76. The third-order valence-corrected chi connectivity index (χ3v) is 2.79. The summed E-state index contributed by atoms with van der Waals surface area (Å²) < 4.78 is 0. The van der Waals surface area contributed by atoms with Gasteiger partial charge in [-0.1, -0.05) is 48.0 Å². The molecule has 0 bridgehead atoms. The molecule has 0 aromatic heterocycles. The molecule has 0 amide bonds. The van der Waals surface area contributed by atoms with Crippen LogP contribution in [0, 0.1) is 6.92 Å². The Labute approximate surface area is 102 Å². The number of nitrogens with two attached hydrogens (primary N) is 1. The summed E-state index contributed by atoms with van der Waals surface area (Å²) in [5.41, 5.74) is 10.5. The van der Waals surface area contributed by atoms with Gasteiger partial charge in [0.1, 0.15) is 0 Å². The largest absolute Gasteiger partial charge is 0.398 e. The molecular weight excluding hydrogens is 208 g/mol. The molecule has 0 unspecified atom stereocenters. The Hall–Kier alpha value is -1.80. The predicted octanol–water partition coefficient (Wildman–Crippen LogP) is 2.87. The van der Waals surface area contributed by atoms with Crippen molar-refractivity contribution < 1.29 is 0 Å². The Morgan fingerprint density at radius 1 is 1.00 bits per heavy atom. The van der Waals surface area contributed by atoms with Gasteiger partial charge in [0.2, 0.25) is 0 Å². The molecule has 0 fully saturated rings. The smallest absolute Gasteiger partial charge is 0.0359 e. The summed E-state index contributed by atoms with van der Waals surface area (Å²) >= 11 is 0. The van der Waals surface area contributed by atoms with Gasteiger partial charge in [0.05, 0.1) is 0 Å². The van der Waals surface area contributed by atoms with Crippen LogP contribution in [-0.4, -0.2) is 0 Å². The van der Waals surface area contributed by atoms with E-state index in [1.807, 2.05) is 18.2 Å². The maximum Gasteiger partial charge on any atom is 0.0359 e. The van der Waals surface area contributed by atoms with Crippen LogP contribution in [-0.2, 0) is 13.1 Å². The highest BCUT2D eigenvalue weighted by Crippen LogP contribution is 2.13. The molecule has 17 heavy (non-hydrogen) atoms. The number of anilines is 1. The normalized spacial score (nSPS) is 10.4. The van der Waals surface area contributed by atoms with Gasteiger partial charge in [-0.3, -0.25) is 0 Å². The molecular formula is C15H18N2. The number of benzene rings is 2. The van der Waals surface area contributed by atoms with E-state index in [1.54, 1.807) is 0 Å². The molecule has 3 N–H and O–H groups in total. The van der Waals surface area contributed by atoms with E-state index in [0.29, 0.717) is 0 Å². The van der Waals surface area contributed by atoms with Crippen molar-refractivity contribution in [1.82, 2.24) is 5.32 Å². The van der Waals surface area contributed by atoms with Crippen molar-refractivity contribution in [2.75, 3.05) is 5.73 Å². The highest BCUT2D eigenvalue weighted by molar-refractivity contribution is 5.48. The minimum absolute atomic E-state index is 0.808. The molecule has 0 saturated heterocycles. The zero-order valence-corrected chi connectivity index (χ0v) is 10.1. The molecule has 0 aliphatic heterocycles. The second kappa shape index (κ2) is 5.51. The Bertz CT molecular complexity index is 478. The Morgan fingerprint density at radius 3 is 2.53 bits per heavy atom. The molecule has 0 saturated carbocycles. The lowest BCUT2D eigenvalue weighted by molar-refractivity contribution is 0.694. The molecule has 0 aliphatic rings. The molecule has 2 rings (SSSR count). The van der Waals surface area contributed by atoms with Crippen molar-refractivity contribution in [3.05, 3.63) is 65.2 Å². The van der Waals surface area contributed by atoms with Crippen molar-refractivity contribution in [3.8, 4) is 0 Å². The van der Waals surface area contributed by atoms with Gasteiger partial charge in [0.25, 0.3) is 0 Å². The van der Waals surface area contributed by atoms with Crippen LogP contribution in [0.1, 0.15) is 16.7 Å². The lowest BCUT2D eigenvalue weighted by atomic mass is 10.1. The van der Waals surface area contributed by atoms with Gasteiger partial charge in [0, 0.05) is 18.8 Å². The lowest BCUT2D eigenvalue weighted by Crippen LogP contribution is -2.13. The van der Waals surface area contributed by atoms with Crippen molar-refractivity contribution >= 4 is 5.69 Å². The fraction of sp³-hybridized carbons (Fsp3) is 0.200. The van der Waals surface area contributed by atoms with Crippen LogP contribution < -0.4 is 11.1 Å². The number of hydrogen-bond acceptors (Lipinski definition) is 2. The number of nitrogen functional groups attached to an aromatic ring is 1. The topological polar surface area (TPSA) is 38.0 Å². The highest BCUT2D eigenvalue weighted by Gasteiger charge is 1.99. The van der Waals surface area contributed by atoms with Gasteiger partial charge in [0.15, 0.2) is 0 Å². The lowest BCUT2D eigenvalue weighted by Gasteiger charge is -2.08. The van der Waals surface area contributed by atoms with Gasteiger partial charge in [-0.25, -0.2) is 0 Å². The SMILES string of the molecule is Cc1ccc(N)c(CNCc2ccccc2)c1. The van der Waals surface area contributed by atoms with Gasteiger partial charge in [-0.05, 0) is 24.1 Å². The average Bonchev–Trinajstić information content (AvgIpc) is 2.35. The maximum atomic E-state index is 5.93. The Morgan fingerprint density at radius 2 is 1.76 bits per heavy atom. The first kappa shape index (κ1) is 11.7. The maximum absolute atomic E-state index is 5.93. The third kappa shape index (κ3) is 3.33. The van der Waals surface area contributed by atoms with E-state index in [0.717, 1.165) is 18.8 Å². The summed E-state index contributed by atoms with van der Waals surface area (Å²) in [5.74, 6) is 0. The van der Waals surface area contributed by atoms with E-state index in [-0.39, 0.29) is 0 Å². The molecule has 2 aromatic rings. The first-order valence-electron chi connectivity index (χ1n) is 5.85. The van der Waals surface area contributed by atoms with Gasteiger partial charge < -0.3 is 11.1 Å². The molecule has 0 spiro atoms. The molecule has 88 valence electrons. The second-order valence-electron chi connectivity index (χ2n) is 4.29. The summed E-state index contributed by atoms with van der Waals surface area (Å²) in [7, 11) is 0. The Kier molecular flexibility index (Phi) is 3.78. The molecule has 0 radical (unpaired) electrons. The van der Waals surface area contributed by atoms with Crippen molar-refractivity contribution in [2.45, 2.75) is 20.0 Å². The van der Waals surface area contributed by atoms with Crippen LogP contribution in [0.15, 0.2) is 48.5 Å². The van der Waals surface area contributed by atoms with E-state index in [4.69, 9.17) is 5.73 Å². The fourth-order valence-corrected chi connectivity index (χ4v) is 1.82. The van der Waals surface area contributed by atoms with E-state index >= 15 is 0 Å². The van der Waals surface area contributed by atoms with E-state index < -0.39 is 0 Å². The zero-order valence-electron chi connectivity index (χ0n) is 10.1. The van der Waals surface area contributed by atoms with Crippen molar-refractivity contribution in [1.29, 1.82) is 0 Å². The van der Waals surface area contributed by atoms with Crippen LogP contribution >= 0.6 is 0 Å². The Balaban J connectivity index is 1.92. The van der Waals surface area contributed by atoms with Gasteiger partial charge in [-0.2, -0.15) is 0 Å². The summed E-state index contributed by atoms with van der Waals surface area (Å²) in [5, 5.41) is 3.41. The highest BCUT2D eigenvalue weighted by atomic mass is 14.9. The molecule has 2 aromatic carbocycles. The predicted molar refractivity (Wildman–Crippen MR) is 72.6 cm³/mol. The number of hydrogen-bond donors (Lipinski definition) is 2. The molecule has 0 heterocycles. The molecule has 2 nitrogen and oxygen atoms in total.